The second-order valence-corrected chi connectivity index (χ2v) is 5.77. The zero-order chi connectivity index (χ0) is 12.2. The van der Waals surface area contributed by atoms with E-state index in [1.165, 1.54) is 6.42 Å². The minimum absolute atomic E-state index is 0.0954. The molecule has 0 spiro atoms. The number of unbranched alkanes of at least 4 members (excludes halogenated alkanes) is 1. The van der Waals surface area contributed by atoms with Gasteiger partial charge in [-0.25, -0.2) is 0 Å². The highest BCUT2D eigenvalue weighted by atomic mass is 16.6. The van der Waals surface area contributed by atoms with E-state index in [9.17, 15) is 4.79 Å². The van der Waals surface area contributed by atoms with Gasteiger partial charge in [-0.15, -0.1) is 0 Å². The van der Waals surface area contributed by atoms with Crippen molar-refractivity contribution in [2.45, 2.75) is 58.5 Å². The Hall–Kier alpha value is -0.570. The fourth-order valence-electron chi connectivity index (χ4n) is 1.96. The van der Waals surface area contributed by atoms with Crippen LogP contribution in [0, 0.1) is 11.8 Å². The Morgan fingerprint density at radius 3 is 2.50 bits per heavy atom. The van der Waals surface area contributed by atoms with E-state index in [0.29, 0.717) is 24.9 Å². The van der Waals surface area contributed by atoms with Gasteiger partial charge in [-0.05, 0) is 45.4 Å². The largest absolute Gasteiger partial charge is 0.460 e. The minimum atomic E-state index is -0.366. The van der Waals surface area contributed by atoms with Gasteiger partial charge in [-0.3, -0.25) is 4.79 Å². The average molecular weight is 228 g/mol. The number of esters is 1. The standard InChI is InChI=1S/C13H24O3/c1-13(2,3)16-12(15)7-5-4-6-10-8-11(10)9-14/h10-11,14H,4-9H2,1-3H3/t10?,11-/m0/s1. The highest BCUT2D eigenvalue weighted by Gasteiger charge is 2.35. The molecule has 1 rings (SSSR count). The second-order valence-electron chi connectivity index (χ2n) is 5.77. The smallest absolute Gasteiger partial charge is 0.306 e. The fourth-order valence-corrected chi connectivity index (χ4v) is 1.96. The topological polar surface area (TPSA) is 46.5 Å². The monoisotopic (exact) mass is 228 g/mol. The van der Waals surface area contributed by atoms with Crippen molar-refractivity contribution in [2.75, 3.05) is 6.61 Å². The predicted octanol–water partition coefficient (Wildman–Crippen LogP) is 2.52. The number of carbonyl (C=O) groups is 1. The summed E-state index contributed by atoms with van der Waals surface area (Å²) >= 11 is 0. The van der Waals surface area contributed by atoms with E-state index in [1.54, 1.807) is 0 Å². The van der Waals surface area contributed by atoms with Gasteiger partial charge in [-0.2, -0.15) is 0 Å². The maximum atomic E-state index is 11.4. The molecule has 1 aliphatic carbocycles. The fraction of sp³-hybridized carbons (Fsp3) is 0.923. The van der Waals surface area contributed by atoms with Gasteiger partial charge < -0.3 is 9.84 Å². The molecule has 1 unspecified atom stereocenters. The lowest BCUT2D eigenvalue weighted by Gasteiger charge is -2.19. The number of aliphatic hydroxyl groups excluding tert-OH is 1. The molecule has 1 saturated carbocycles. The van der Waals surface area contributed by atoms with Gasteiger partial charge in [0, 0.05) is 13.0 Å². The second kappa shape index (κ2) is 5.67. The molecule has 3 heteroatoms. The Kier molecular flexibility index (Phi) is 4.78. The van der Waals surface area contributed by atoms with Crippen molar-refractivity contribution in [2.24, 2.45) is 11.8 Å². The van der Waals surface area contributed by atoms with Crippen molar-refractivity contribution in [3.63, 3.8) is 0 Å². The molecule has 0 aromatic heterocycles. The van der Waals surface area contributed by atoms with Gasteiger partial charge in [0.1, 0.15) is 5.60 Å². The number of hydrogen-bond donors (Lipinski definition) is 1. The SMILES string of the molecule is CC(C)(C)OC(=O)CCCCC1C[C@H]1CO. The highest BCUT2D eigenvalue weighted by molar-refractivity contribution is 5.69. The number of aliphatic hydroxyl groups is 1. The van der Waals surface area contributed by atoms with Crippen LogP contribution in [0.4, 0.5) is 0 Å². The molecule has 1 fully saturated rings. The Labute approximate surface area is 98.2 Å². The van der Waals surface area contributed by atoms with E-state index >= 15 is 0 Å². The number of rotatable bonds is 6. The summed E-state index contributed by atoms with van der Waals surface area (Å²) in [5.41, 5.74) is -0.366. The molecule has 1 aliphatic rings. The van der Waals surface area contributed by atoms with Crippen LogP contribution in [0.2, 0.25) is 0 Å². The molecule has 16 heavy (non-hydrogen) atoms. The van der Waals surface area contributed by atoms with Crippen LogP contribution in [-0.2, 0) is 9.53 Å². The number of ether oxygens (including phenoxy) is 1. The molecule has 0 heterocycles. The molecule has 0 aliphatic heterocycles. The first-order valence-corrected chi connectivity index (χ1v) is 6.25. The van der Waals surface area contributed by atoms with E-state index in [4.69, 9.17) is 9.84 Å². The Balaban J connectivity index is 1.97. The lowest BCUT2D eigenvalue weighted by Crippen LogP contribution is -2.23. The van der Waals surface area contributed by atoms with Crippen LogP contribution in [0.15, 0.2) is 0 Å². The molecular weight excluding hydrogens is 204 g/mol. The lowest BCUT2D eigenvalue weighted by molar-refractivity contribution is -0.154. The van der Waals surface area contributed by atoms with Crippen molar-refractivity contribution in [1.29, 1.82) is 0 Å². The van der Waals surface area contributed by atoms with E-state index in [1.807, 2.05) is 20.8 Å². The molecule has 3 nitrogen and oxygen atoms in total. The van der Waals surface area contributed by atoms with Crippen molar-refractivity contribution in [3.05, 3.63) is 0 Å². The first-order chi connectivity index (χ1) is 7.42. The summed E-state index contributed by atoms with van der Waals surface area (Å²) in [7, 11) is 0. The van der Waals surface area contributed by atoms with Gasteiger partial charge >= 0.3 is 5.97 Å². The number of hydrogen-bond acceptors (Lipinski definition) is 3. The molecule has 0 aromatic rings. The Morgan fingerprint density at radius 2 is 2.00 bits per heavy atom. The van der Waals surface area contributed by atoms with Crippen molar-refractivity contribution >= 4 is 5.97 Å². The normalized spacial score (nSPS) is 24.2. The summed E-state index contributed by atoms with van der Waals surface area (Å²) in [6.07, 6.45) is 4.81. The first-order valence-electron chi connectivity index (χ1n) is 6.25. The van der Waals surface area contributed by atoms with Crippen LogP contribution in [0.25, 0.3) is 0 Å². The van der Waals surface area contributed by atoms with E-state index in [-0.39, 0.29) is 11.6 Å². The molecule has 1 N–H and O–H groups in total. The predicted molar refractivity (Wildman–Crippen MR) is 63.0 cm³/mol. The van der Waals surface area contributed by atoms with E-state index in [0.717, 1.165) is 19.3 Å². The molecule has 94 valence electrons. The van der Waals surface area contributed by atoms with Gasteiger partial charge in [-0.1, -0.05) is 12.8 Å². The quantitative estimate of drug-likeness (QED) is 0.561. The summed E-state index contributed by atoms with van der Waals surface area (Å²) in [6.45, 7) is 6.00. The average Bonchev–Trinajstić information content (AvgIpc) is 2.88. The van der Waals surface area contributed by atoms with Crippen LogP contribution in [0.5, 0.6) is 0 Å². The van der Waals surface area contributed by atoms with Crippen LogP contribution >= 0.6 is 0 Å². The molecule has 0 amide bonds. The third-order valence-corrected chi connectivity index (χ3v) is 2.93. The van der Waals surface area contributed by atoms with Crippen LogP contribution in [0.3, 0.4) is 0 Å². The van der Waals surface area contributed by atoms with Crippen molar-refractivity contribution in [3.8, 4) is 0 Å². The third-order valence-electron chi connectivity index (χ3n) is 2.93. The molecule has 0 radical (unpaired) electrons. The molecule has 0 saturated heterocycles. The Morgan fingerprint density at radius 1 is 1.31 bits per heavy atom. The zero-order valence-electron chi connectivity index (χ0n) is 10.7. The van der Waals surface area contributed by atoms with Gasteiger partial charge in [0.15, 0.2) is 0 Å². The summed E-state index contributed by atoms with van der Waals surface area (Å²) in [5, 5.41) is 8.87. The highest BCUT2D eigenvalue weighted by Crippen LogP contribution is 2.41. The molecule has 0 bridgehead atoms. The van der Waals surface area contributed by atoms with Crippen LogP contribution in [0.1, 0.15) is 52.9 Å². The summed E-state index contributed by atoms with van der Waals surface area (Å²) < 4.78 is 5.22. The molecular formula is C13H24O3. The maximum absolute atomic E-state index is 11.4. The Bertz CT molecular complexity index is 230. The number of carbonyl (C=O) groups excluding carboxylic acids is 1. The minimum Gasteiger partial charge on any atom is -0.460 e. The molecule has 2 atom stereocenters. The summed E-state index contributed by atoms with van der Waals surface area (Å²) in [4.78, 5) is 11.4. The zero-order valence-corrected chi connectivity index (χ0v) is 10.7. The van der Waals surface area contributed by atoms with Crippen molar-refractivity contribution in [1.82, 2.24) is 0 Å². The molecule has 0 aromatic carbocycles. The van der Waals surface area contributed by atoms with Crippen molar-refractivity contribution < 1.29 is 14.6 Å². The van der Waals surface area contributed by atoms with Crippen LogP contribution in [-0.4, -0.2) is 23.3 Å². The maximum Gasteiger partial charge on any atom is 0.306 e. The van der Waals surface area contributed by atoms with E-state index < -0.39 is 0 Å². The lowest BCUT2D eigenvalue weighted by atomic mass is 10.1. The summed E-state index contributed by atoms with van der Waals surface area (Å²) in [5.74, 6) is 1.16. The van der Waals surface area contributed by atoms with Gasteiger partial charge in [0.05, 0.1) is 0 Å². The van der Waals surface area contributed by atoms with Gasteiger partial charge in [0.2, 0.25) is 0 Å². The first kappa shape index (κ1) is 13.5. The van der Waals surface area contributed by atoms with E-state index in [2.05, 4.69) is 0 Å². The van der Waals surface area contributed by atoms with Gasteiger partial charge in [0.25, 0.3) is 0 Å². The third kappa shape index (κ3) is 5.50. The van der Waals surface area contributed by atoms with Crippen LogP contribution < -0.4 is 0 Å². The summed E-state index contributed by atoms with van der Waals surface area (Å²) in [6, 6.07) is 0.